The molecule has 1 aromatic heterocycles. The molecule has 4 bridgehead atoms. The van der Waals surface area contributed by atoms with E-state index in [0.29, 0.717) is 24.3 Å². The number of aromatic nitrogens is 4. The van der Waals surface area contributed by atoms with Gasteiger partial charge >= 0.3 is 0 Å². The molecule has 6 rings (SSSR count). The number of carbonyl (C=O) groups excluding carboxylic acids is 1. The summed E-state index contributed by atoms with van der Waals surface area (Å²) in [5.41, 5.74) is 0.346. The number of rotatable bonds is 5. The van der Waals surface area contributed by atoms with Crippen molar-refractivity contribution >= 4 is 11.6 Å². The molecule has 0 aliphatic heterocycles. The Morgan fingerprint density at radius 2 is 1.93 bits per heavy atom. The van der Waals surface area contributed by atoms with Gasteiger partial charge in [0.25, 0.3) is 0 Å². The van der Waals surface area contributed by atoms with Gasteiger partial charge in [0.1, 0.15) is 5.75 Å². The van der Waals surface area contributed by atoms with Gasteiger partial charge in [-0.2, -0.15) is 4.80 Å². The number of ether oxygens (including phenoxy) is 1. The van der Waals surface area contributed by atoms with E-state index in [1.54, 1.807) is 0 Å². The number of benzene rings is 1. The van der Waals surface area contributed by atoms with Crippen molar-refractivity contribution in [1.29, 1.82) is 0 Å². The Morgan fingerprint density at radius 3 is 2.54 bits per heavy atom. The van der Waals surface area contributed by atoms with Gasteiger partial charge < -0.3 is 10.1 Å². The number of nitrogens with one attached hydrogen (secondary N) is 1. The predicted octanol–water partition coefficient (Wildman–Crippen LogP) is 3.31. The van der Waals surface area contributed by atoms with E-state index >= 15 is 0 Å². The van der Waals surface area contributed by atoms with Gasteiger partial charge in [-0.25, -0.2) is 0 Å². The van der Waals surface area contributed by atoms with Crippen LogP contribution >= 0.6 is 0 Å². The first-order valence-electron chi connectivity index (χ1n) is 10.3. The fraction of sp³-hybridized carbons (Fsp3) is 0.619. The van der Waals surface area contributed by atoms with E-state index in [4.69, 9.17) is 4.74 Å². The third-order valence-corrected chi connectivity index (χ3v) is 6.87. The van der Waals surface area contributed by atoms with Gasteiger partial charge in [0, 0.05) is 5.69 Å². The van der Waals surface area contributed by atoms with Crippen LogP contribution in [0.15, 0.2) is 24.3 Å². The smallest absolute Gasteiger partial charge is 0.230 e. The van der Waals surface area contributed by atoms with Crippen molar-refractivity contribution < 1.29 is 9.53 Å². The second kappa shape index (κ2) is 6.29. The molecule has 28 heavy (non-hydrogen) atoms. The minimum Gasteiger partial charge on any atom is -0.494 e. The summed E-state index contributed by atoms with van der Waals surface area (Å²) in [6.45, 7) is 4.47. The van der Waals surface area contributed by atoms with Crippen LogP contribution in [0.5, 0.6) is 5.75 Å². The lowest BCUT2D eigenvalue weighted by molar-refractivity contribution is -0.152. The second-order valence-corrected chi connectivity index (χ2v) is 9.00. The standard InChI is InChI=1S/C21H27N5O2/c1-3-28-18-6-4-17(5-7-18)22-19(27)20-9-15-8-16(10-20)12-21(11-15,13-20)26-24-14(2)23-25-26/h4-7,15-16H,3,8-13H2,1-2H3,(H,22,27)/t15-,16-,20?,21?/m1/s1. The van der Waals surface area contributed by atoms with Crippen LogP contribution in [-0.4, -0.2) is 32.7 Å². The Hall–Kier alpha value is -2.44. The Morgan fingerprint density at radius 1 is 1.21 bits per heavy atom. The minimum atomic E-state index is -0.329. The molecule has 1 aromatic carbocycles. The largest absolute Gasteiger partial charge is 0.494 e. The molecule has 2 atom stereocenters. The number of carbonyl (C=O) groups is 1. The summed E-state index contributed by atoms with van der Waals surface area (Å²) in [6.07, 6.45) is 6.12. The molecular weight excluding hydrogens is 354 g/mol. The Kier molecular flexibility index (Phi) is 3.96. The molecule has 2 aromatic rings. The highest BCUT2D eigenvalue weighted by Gasteiger charge is 2.62. The van der Waals surface area contributed by atoms with Crippen molar-refractivity contribution in [2.24, 2.45) is 17.3 Å². The highest BCUT2D eigenvalue weighted by atomic mass is 16.5. The van der Waals surface area contributed by atoms with E-state index in [1.807, 2.05) is 42.9 Å². The zero-order valence-electron chi connectivity index (χ0n) is 16.5. The zero-order chi connectivity index (χ0) is 19.4. The van der Waals surface area contributed by atoms with E-state index < -0.39 is 0 Å². The number of hydrogen-bond donors (Lipinski definition) is 1. The summed E-state index contributed by atoms with van der Waals surface area (Å²) in [4.78, 5) is 15.3. The van der Waals surface area contributed by atoms with Crippen molar-refractivity contribution in [2.75, 3.05) is 11.9 Å². The maximum Gasteiger partial charge on any atom is 0.230 e. The minimum absolute atomic E-state index is 0.145. The Labute approximate surface area is 164 Å². The Bertz CT molecular complexity index is 876. The van der Waals surface area contributed by atoms with E-state index in [-0.39, 0.29) is 16.9 Å². The third kappa shape index (κ3) is 2.79. The summed E-state index contributed by atoms with van der Waals surface area (Å²) >= 11 is 0. The van der Waals surface area contributed by atoms with E-state index in [2.05, 4.69) is 20.7 Å². The van der Waals surface area contributed by atoms with E-state index in [1.165, 1.54) is 6.42 Å². The molecule has 0 unspecified atom stereocenters. The SMILES string of the molecule is CCOc1ccc(NC(=O)C23C[C@H]4C[C@H](C2)CC(n2nnc(C)n2)(C4)C3)cc1. The molecule has 0 radical (unpaired) electrons. The third-order valence-electron chi connectivity index (χ3n) is 6.87. The number of amides is 1. The van der Waals surface area contributed by atoms with Crippen LogP contribution in [0.3, 0.4) is 0 Å². The lowest BCUT2D eigenvalue weighted by Crippen LogP contribution is -2.60. The average molecular weight is 381 g/mol. The number of anilines is 1. The molecular formula is C21H27N5O2. The summed E-state index contributed by atoms with van der Waals surface area (Å²) in [6, 6.07) is 7.65. The number of hydrogen-bond acceptors (Lipinski definition) is 5. The predicted molar refractivity (Wildman–Crippen MR) is 104 cm³/mol. The van der Waals surface area contributed by atoms with Crippen LogP contribution in [0, 0.1) is 24.2 Å². The average Bonchev–Trinajstić information content (AvgIpc) is 3.10. The van der Waals surface area contributed by atoms with Crippen molar-refractivity contribution in [3.63, 3.8) is 0 Å². The molecule has 4 aliphatic carbocycles. The summed E-state index contributed by atoms with van der Waals surface area (Å²) in [5.74, 6) is 2.80. The molecule has 1 amide bonds. The number of tetrazole rings is 1. The van der Waals surface area contributed by atoms with Crippen LogP contribution in [0.2, 0.25) is 0 Å². The molecule has 148 valence electrons. The van der Waals surface area contributed by atoms with Gasteiger partial charge in [-0.15, -0.1) is 10.2 Å². The zero-order valence-corrected chi connectivity index (χ0v) is 16.5. The van der Waals surface area contributed by atoms with Gasteiger partial charge in [-0.05, 0) is 93.7 Å². The summed E-state index contributed by atoms with van der Waals surface area (Å²) in [7, 11) is 0. The molecule has 4 fully saturated rings. The van der Waals surface area contributed by atoms with E-state index in [0.717, 1.165) is 43.5 Å². The molecule has 1 heterocycles. The van der Waals surface area contributed by atoms with Crippen LogP contribution < -0.4 is 10.1 Å². The number of aryl methyl sites for hydroxylation is 1. The molecule has 7 heteroatoms. The highest BCUT2D eigenvalue weighted by Crippen LogP contribution is 2.64. The van der Waals surface area contributed by atoms with Crippen molar-refractivity contribution in [1.82, 2.24) is 20.2 Å². The van der Waals surface area contributed by atoms with Crippen LogP contribution in [-0.2, 0) is 10.3 Å². The summed E-state index contributed by atoms with van der Waals surface area (Å²) < 4.78 is 5.50. The maximum atomic E-state index is 13.4. The monoisotopic (exact) mass is 381 g/mol. The first-order chi connectivity index (χ1) is 13.5. The van der Waals surface area contributed by atoms with Gasteiger partial charge in [-0.3, -0.25) is 4.79 Å². The van der Waals surface area contributed by atoms with Crippen LogP contribution in [0.4, 0.5) is 5.69 Å². The Balaban J connectivity index is 1.40. The summed E-state index contributed by atoms with van der Waals surface area (Å²) in [5, 5.41) is 16.2. The topological polar surface area (TPSA) is 81.9 Å². The number of nitrogens with zero attached hydrogens (tertiary/aromatic N) is 4. The lowest BCUT2D eigenvalue weighted by Gasteiger charge is -2.60. The molecule has 0 spiro atoms. The molecule has 1 N–H and O–H groups in total. The van der Waals surface area contributed by atoms with E-state index in [9.17, 15) is 4.79 Å². The van der Waals surface area contributed by atoms with Gasteiger partial charge in [0.2, 0.25) is 5.91 Å². The van der Waals surface area contributed by atoms with Gasteiger partial charge in [0.05, 0.1) is 17.6 Å². The second-order valence-electron chi connectivity index (χ2n) is 9.00. The highest BCUT2D eigenvalue weighted by molar-refractivity contribution is 5.95. The normalized spacial score (nSPS) is 33.1. The molecule has 7 nitrogen and oxygen atoms in total. The quantitative estimate of drug-likeness (QED) is 0.859. The van der Waals surface area contributed by atoms with Crippen LogP contribution in [0.25, 0.3) is 0 Å². The molecule has 4 saturated carbocycles. The first-order valence-corrected chi connectivity index (χ1v) is 10.3. The van der Waals surface area contributed by atoms with Gasteiger partial charge in [0.15, 0.2) is 5.82 Å². The van der Waals surface area contributed by atoms with Gasteiger partial charge in [-0.1, -0.05) is 0 Å². The van der Waals surface area contributed by atoms with Crippen molar-refractivity contribution in [2.45, 2.75) is 57.9 Å². The lowest BCUT2D eigenvalue weighted by atomic mass is 9.46. The molecule has 0 saturated heterocycles. The maximum absolute atomic E-state index is 13.4. The fourth-order valence-electron chi connectivity index (χ4n) is 6.26. The van der Waals surface area contributed by atoms with Crippen molar-refractivity contribution in [3.8, 4) is 5.75 Å². The van der Waals surface area contributed by atoms with Crippen molar-refractivity contribution in [3.05, 3.63) is 30.1 Å². The van der Waals surface area contributed by atoms with Crippen LogP contribution in [0.1, 0.15) is 51.3 Å². The molecule has 4 aliphatic rings. The fourth-order valence-corrected chi connectivity index (χ4v) is 6.26. The first kappa shape index (κ1) is 17.6.